The van der Waals surface area contributed by atoms with Crippen molar-refractivity contribution in [3.05, 3.63) is 0 Å². The molecule has 2 aliphatic heterocycles. The number of hydrogen-bond acceptors (Lipinski definition) is 3. The number of rotatable bonds is 0. The highest BCUT2D eigenvalue weighted by Crippen LogP contribution is 2.30. The molecular formula is C8H13N3O2. The molecule has 0 saturated carbocycles. The maximum Gasteiger partial charge on any atom is 0.327 e. The van der Waals surface area contributed by atoms with Crippen LogP contribution in [0.25, 0.3) is 0 Å². The van der Waals surface area contributed by atoms with Crippen LogP contribution in [0.4, 0.5) is 4.79 Å². The number of hydrogen-bond donors (Lipinski definition) is 1. The van der Waals surface area contributed by atoms with Gasteiger partial charge in [-0.2, -0.15) is 0 Å². The van der Waals surface area contributed by atoms with Gasteiger partial charge in [0.05, 0.1) is 0 Å². The molecule has 2 aliphatic rings. The van der Waals surface area contributed by atoms with Crippen molar-refractivity contribution in [1.29, 1.82) is 0 Å². The summed E-state index contributed by atoms with van der Waals surface area (Å²) >= 11 is 0. The van der Waals surface area contributed by atoms with Gasteiger partial charge in [-0.25, -0.2) is 4.79 Å². The van der Waals surface area contributed by atoms with Crippen LogP contribution >= 0.6 is 0 Å². The summed E-state index contributed by atoms with van der Waals surface area (Å²) in [5.41, 5.74) is -0.591. The lowest BCUT2D eigenvalue weighted by molar-refractivity contribution is -0.131. The van der Waals surface area contributed by atoms with Gasteiger partial charge in [0.2, 0.25) is 0 Å². The van der Waals surface area contributed by atoms with Gasteiger partial charge in [0.15, 0.2) is 0 Å². The second-order valence-electron chi connectivity index (χ2n) is 3.66. The Morgan fingerprint density at radius 3 is 2.46 bits per heavy atom. The molecule has 3 amide bonds. The van der Waals surface area contributed by atoms with Crippen LogP contribution in [0.15, 0.2) is 0 Å². The number of likely N-dealkylation sites (N-methyl/N-ethyl adjacent to an activating group) is 2. The first-order valence-electron chi connectivity index (χ1n) is 4.36. The van der Waals surface area contributed by atoms with Crippen LogP contribution in [0.2, 0.25) is 0 Å². The summed E-state index contributed by atoms with van der Waals surface area (Å²) in [5, 5.41) is 3.12. The maximum absolute atomic E-state index is 11.8. The molecule has 5 heteroatoms. The van der Waals surface area contributed by atoms with Crippen molar-refractivity contribution in [3.8, 4) is 0 Å². The Labute approximate surface area is 76.7 Å². The van der Waals surface area contributed by atoms with E-state index in [9.17, 15) is 9.59 Å². The largest absolute Gasteiger partial charge is 0.327 e. The minimum Gasteiger partial charge on any atom is -0.314 e. The summed E-state index contributed by atoms with van der Waals surface area (Å²) in [6.07, 6.45) is 0.721. The molecule has 2 rings (SSSR count). The highest BCUT2D eigenvalue weighted by molar-refractivity contribution is 6.07. The average Bonchev–Trinajstić information content (AvgIpc) is 2.67. The van der Waals surface area contributed by atoms with Gasteiger partial charge in [0.1, 0.15) is 5.54 Å². The predicted octanol–water partition coefficient (Wildman–Crippen LogP) is -0.758. The van der Waals surface area contributed by atoms with Crippen LogP contribution in [0, 0.1) is 0 Å². The molecule has 2 heterocycles. The Morgan fingerprint density at radius 2 is 2.08 bits per heavy atom. The van der Waals surface area contributed by atoms with Crippen LogP contribution in [0.5, 0.6) is 0 Å². The van der Waals surface area contributed by atoms with Crippen LogP contribution < -0.4 is 5.32 Å². The lowest BCUT2D eigenvalue weighted by Crippen LogP contribution is -2.49. The fraction of sp³-hybridized carbons (Fsp3) is 0.750. The number of amides is 3. The van der Waals surface area contributed by atoms with Crippen molar-refractivity contribution in [3.63, 3.8) is 0 Å². The molecule has 0 radical (unpaired) electrons. The van der Waals surface area contributed by atoms with Gasteiger partial charge in [-0.15, -0.1) is 0 Å². The van der Waals surface area contributed by atoms with Gasteiger partial charge >= 0.3 is 6.03 Å². The molecular weight excluding hydrogens is 170 g/mol. The molecule has 13 heavy (non-hydrogen) atoms. The topological polar surface area (TPSA) is 52.7 Å². The van der Waals surface area contributed by atoms with E-state index < -0.39 is 5.54 Å². The lowest BCUT2D eigenvalue weighted by atomic mass is 9.97. The fourth-order valence-corrected chi connectivity index (χ4v) is 2.10. The fourth-order valence-electron chi connectivity index (χ4n) is 2.10. The van der Waals surface area contributed by atoms with E-state index in [4.69, 9.17) is 0 Å². The second-order valence-corrected chi connectivity index (χ2v) is 3.66. The minimum atomic E-state index is -0.591. The molecule has 72 valence electrons. The van der Waals surface area contributed by atoms with E-state index in [1.54, 1.807) is 11.9 Å². The van der Waals surface area contributed by atoms with E-state index in [0.717, 1.165) is 13.0 Å². The third-order valence-corrected chi connectivity index (χ3v) is 3.05. The first-order chi connectivity index (χ1) is 6.09. The van der Waals surface area contributed by atoms with E-state index >= 15 is 0 Å². The minimum absolute atomic E-state index is 0.0787. The Morgan fingerprint density at radius 1 is 1.38 bits per heavy atom. The standard InChI is InChI=1S/C8H13N3O2/c1-10-6(12)8(3-4-9-5-8)11(2)7(10)13/h9H,3-5H2,1-2H3. The Kier molecular flexibility index (Phi) is 1.60. The molecule has 1 atom stereocenters. The predicted molar refractivity (Wildman–Crippen MR) is 46.1 cm³/mol. The summed E-state index contributed by atoms with van der Waals surface area (Å²) in [6, 6.07) is -0.200. The van der Waals surface area contributed by atoms with Crippen molar-refractivity contribution in [2.24, 2.45) is 0 Å². The number of urea groups is 1. The number of imide groups is 1. The summed E-state index contributed by atoms with van der Waals surface area (Å²) in [7, 11) is 3.23. The van der Waals surface area contributed by atoms with Crippen LogP contribution in [0.3, 0.4) is 0 Å². The highest BCUT2D eigenvalue weighted by atomic mass is 16.2. The maximum atomic E-state index is 11.8. The Bertz CT molecular complexity index is 271. The highest BCUT2D eigenvalue weighted by Gasteiger charge is 2.55. The zero-order valence-corrected chi connectivity index (χ0v) is 7.83. The molecule has 1 unspecified atom stereocenters. The number of carbonyl (C=O) groups excluding carboxylic acids is 2. The van der Waals surface area contributed by atoms with Gasteiger partial charge in [-0.3, -0.25) is 9.69 Å². The smallest absolute Gasteiger partial charge is 0.314 e. The van der Waals surface area contributed by atoms with Crippen molar-refractivity contribution in [2.45, 2.75) is 12.0 Å². The van der Waals surface area contributed by atoms with E-state index in [2.05, 4.69) is 5.32 Å². The van der Waals surface area contributed by atoms with E-state index in [-0.39, 0.29) is 11.9 Å². The molecule has 0 aromatic rings. The van der Waals surface area contributed by atoms with Crippen molar-refractivity contribution in [1.82, 2.24) is 15.1 Å². The molecule has 2 saturated heterocycles. The summed E-state index contributed by atoms with van der Waals surface area (Å²) < 4.78 is 0. The van der Waals surface area contributed by atoms with Gasteiger partial charge in [-0.05, 0) is 13.0 Å². The van der Waals surface area contributed by atoms with Crippen LogP contribution in [-0.2, 0) is 4.79 Å². The SMILES string of the molecule is CN1C(=O)N(C)C2(CCNC2)C1=O. The quantitative estimate of drug-likeness (QED) is 0.502. The molecule has 5 nitrogen and oxygen atoms in total. The molecule has 1 N–H and O–H groups in total. The van der Waals surface area contributed by atoms with Crippen molar-refractivity contribution >= 4 is 11.9 Å². The second kappa shape index (κ2) is 2.45. The zero-order valence-electron chi connectivity index (χ0n) is 7.83. The monoisotopic (exact) mass is 183 g/mol. The summed E-state index contributed by atoms with van der Waals surface area (Å²) in [6.45, 7) is 1.38. The van der Waals surface area contributed by atoms with E-state index in [1.807, 2.05) is 0 Å². The number of nitrogens with one attached hydrogen (secondary N) is 1. The number of nitrogens with zero attached hydrogens (tertiary/aromatic N) is 2. The zero-order chi connectivity index (χ0) is 9.64. The molecule has 0 aliphatic carbocycles. The Hall–Kier alpha value is -1.10. The number of carbonyl (C=O) groups is 2. The average molecular weight is 183 g/mol. The normalized spacial score (nSPS) is 34.0. The van der Waals surface area contributed by atoms with Crippen LogP contribution in [-0.4, -0.2) is 54.5 Å². The first-order valence-corrected chi connectivity index (χ1v) is 4.36. The van der Waals surface area contributed by atoms with Gasteiger partial charge in [-0.1, -0.05) is 0 Å². The van der Waals surface area contributed by atoms with E-state index in [0.29, 0.717) is 6.54 Å². The molecule has 0 aromatic carbocycles. The third-order valence-electron chi connectivity index (χ3n) is 3.05. The summed E-state index contributed by atoms with van der Waals surface area (Å²) in [5.74, 6) is -0.0787. The lowest BCUT2D eigenvalue weighted by Gasteiger charge is -2.26. The molecule has 0 bridgehead atoms. The van der Waals surface area contributed by atoms with Crippen molar-refractivity contribution in [2.75, 3.05) is 27.2 Å². The van der Waals surface area contributed by atoms with Gasteiger partial charge in [0.25, 0.3) is 5.91 Å². The van der Waals surface area contributed by atoms with Gasteiger partial charge < -0.3 is 10.2 Å². The summed E-state index contributed by atoms with van der Waals surface area (Å²) in [4.78, 5) is 26.0. The van der Waals surface area contributed by atoms with Gasteiger partial charge in [0, 0.05) is 20.6 Å². The van der Waals surface area contributed by atoms with Crippen LogP contribution in [0.1, 0.15) is 6.42 Å². The molecule has 2 fully saturated rings. The van der Waals surface area contributed by atoms with E-state index in [1.165, 1.54) is 11.9 Å². The third kappa shape index (κ3) is 0.848. The Balaban J connectivity index is 2.38. The first kappa shape index (κ1) is 8.50. The molecule has 0 aromatic heterocycles. The van der Waals surface area contributed by atoms with Crippen molar-refractivity contribution < 1.29 is 9.59 Å². The molecule has 1 spiro atoms.